The summed E-state index contributed by atoms with van der Waals surface area (Å²) in [5.41, 5.74) is -1.10. The van der Waals surface area contributed by atoms with Crippen LogP contribution in [-0.4, -0.2) is 41.2 Å². The van der Waals surface area contributed by atoms with Gasteiger partial charge in [-0.05, 0) is 43.3 Å². The van der Waals surface area contributed by atoms with E-state index in [0.717, 1.165) is 24.3 Å². The molecule has 2 rings (SSSR count). The number of hydrogen-bond donors (Lipinski definition) is 2. The van der Waals surface area contributed by atoms with Gasteiger partial charge in [-0.1, -0.05) is 0 Å². The second kappa shape index (κ2) is 9.92. The van der Waals surface area contributed by atoms with Crippen LogP contribution in [0, 0.1) is 5.82 Å². The lowest BCUT2D eigenvalue weighted by atomic mass is 10.1. The third-order valence-corrected chi connectivity index (χ3v) is 5.58. The fourth-order valence-corrected chi connectivity index (χ4v) is 3.89. The molecule has 1 amide bonds. The predicted octanol–water partition coefficient (Wildman–Crippen LogP) is 3.34. The number of ether oxygens (including phenoxy) is 2. The molecule has 0 aliphatic carbocycles. The van der Waals surface area contributed by atoms with Crippen molar-refractivity contribution in [3.8, 4) is 5.75 Å². The van der Waals surface area contributed by atoms with E-state index in [1.54, 1.807) is 6.92 Å². The van der Waals surface area contributed by atoms with Gasteiger partial charge in [0.15, 0.2) is 0 Å². The number of methoxy groups -OCH3 is 2. The number of benzene rings is 2. The Balaban J connectivity index is 2.35. The first-order valence-corrected chi connectivity index (χ1v) is 10.2. The van der Waals surface area contributed by atoms with Crippen LogP contribution < -0.4 is 14.8 Å². The van der Waals surface area contributed by atoms with Gasteiger partial charge >= 0.3 is 0 Å². The molecule has 0 fully saturated rings. The third-order valence-electron chi connectivity index (χ3n) is 3.99. The first-order valence-electron chi connectivity index (χ1n) is 8.67. The number of nitrogens with one attached hydrogen (secondary N) is 2. The average Bonchev–Trinajstić information content (AvgIpc) is 2.68. The van der Waals surface area contributed by atoms with Gasteiger partial charge in [0.1, 0.15) is 11.6 Å². The molecule has 2 N–H and O–H groups in total. The van der Waals surface area contributed by atoms with Crippen molar-refractivity contribution in [3.63, 3.8) is 0 Å². The summed E-state index contributed by atoms with van der Waals surface area (Å²) in [5.74, 6) is -1.86. The third kappa shape index (κ3) is 5.71. The van der Waals surface area contributed by atoms with Crippen LogP contribution in [-0.2, 0) is 14.8 Å². The Morgan fingerprint density at radius 1 is 1.13 bits per heavy atom. The highest BCUT2D eigenvalue weighted by atomic mass is 32.2. The van der Waals surface area contributed by atoms with Crippen LogP contribution in [0.25, 0.3) is 0 Å². The molecule has 2 aromatic carbocycles. The highest BCUT2D eigenvalue weighted by Gasteiger charge is 2.22. The van der Waals surface area contributed by atoms with E-state index in [9.17, 15) is 26.4 Å². The maximum absolute atomic E-state index is 13.4. The lowest BCUT2D eigenvalue weighted by molar-refractivity contribution is 0.102. The molecule has 0 saturated heterocycles. The predicted molar refractivity (Wildman–Crippen MR) is 104 cm³/mol. The maximum atomic E-state index is 13.4. The summed E-state index contributed by atoms with van der Waals surface area (Å²) >= 11 is 0. The summed E-state index contributed by atoms with van der Waals surface area (Å²) in [6.07, 6.45) is -3.06. The van der Waals surface area contributed by atoms with Crippen LogP contribution in [0.2, 0.25) is 0 Å². The van der Waals surface area contributed by atoms with Crippen molar-refractivity contribution < 1.29 is 35.9 Å². The van der Waals surface area contributed by atoms with Gasteiger partial charge in [-0.15, -0.1) is 0 Å². The Labute approximate surface area is 172 Å². The standard InChI is InChI=1S/C19H21F3N2O5S/c1-11(10-28-2)24-30(26,27)13-5-7-17(29-3)15(9-13)19(25)23-12-4-6-16(20)14(8-12)18(21)22/h4-9,11,18,24H,10H2,1-3H3,(H,23,25). The molecular formula is C19H21F3N2O5S. The van der Waals surface area contributed by atoms with Crippen molar-refractivity contribution in [1.82, 2.24) is 4.72 Å². The molecule has 7 nitrogen and oxygen atoms in total. The number of sulfonamides is 1. The van der Waals surface area contributed by atoms with Gasteiger partial charge in [0.2, 0.25) is 10.0 Å². The fourth-order valence-electron chi connectivity index (χ4n) is 2.64. The van der Waals surface area contributed by atoms with Crippen LogP contribution in [0.5, 0.6) is 5.75 Å². The number of hydrogen-bond acceptors (Lipinski definition) is 5. The van der Waals surface area contributed by atoms with Crippen molar-refractivity contribution >= 4 is 21.6 Å². The minimum Gasteiger partial charge on any atom is -0.496 e. The molecule has 0 radical (unpaired) electrons. The van der Waals surface area contributed by atoms with E-state index >= 15 is 0 Å². The van der Waals surface area contributed by atoms with Crippen LogP contribution in [0.4, 0.5) is 18.9 Å². The molecule has 0 saturated carbocycles. The Hall–Kier alpha value is -2.63. The largest absolute Gasteiger partial charge is 0.496 e. The van der Waals surface area contributed by atoms with E-state index < -0.39 is 39.8 Å². The van der Waals surface area contributed by atoms with E-state index in [1.165, 1.54) is 26.4 Å². The topological polar surface area (TPSA) is 93.7 Å². The number of anilines is 1. The average molecular weight is 446 g/mol. The second-order valence-corrected chi connectivity index (χ2v) is 8.04. The van der Waals surface area contributed by atoms with Crippen LogP contribution in [0.1, 0.15) is 29.3 Å². The van der Waals surface area contributed by atoms with Crippen molar-refractivity contribution in [3.05, 3.63) is 53.3 Å². The molecule has 164 valence electrons. The summed E-state index contributed by atoms with van der Waals surface area (Å²) < 4.78 is 76.7. The zero-order chi connectivity index (χ0) is 22.5. The lowest BCUT2D eigenvalue weighted by Gasteiger charge is -2.15. The van der Waals surface area contributed by atoms with Crippen molar-refractivity contribution in [2.75, 3.05) is 26.1 Å². The Kier molecular flexibility index (Phi) is 7.82. The summed E-state index contributed by atoms with van der Waals surface area (Å²) in [7, 11) is -1.26. The normalized spacial score (nSPS) is 12.6. The monoisotopic (exact) mass is 446 g/mol. The molecule has 0 aliphatic rings. The van der Waals surface area contributed by atoms with E-state index in [4.69, 9.17) is 9.47 Å². The smallest absolute Gasteiger partial charge is 0.266 e. The molecule has 0 spiro atoms. The van der Waals surface area contributed by atoms with Crippen LogP contribution in [0.3, 0.4) is 0 Å². The number of carbonyl (C=O) groups is 1. The van der Waals surface area contributed by atoms with E-state index in [-0.39, 0.29) is 28.5 Å². The van der Waals surface area contributed by atoms with E-state index in [1.807, 2.05) is 0 Å². The Bertz CT molecular complexity index is 1020. The number of carbonyl (C=O) groups excluding carboxylic acids is 1. The molecular weight excluding hydrogens is 425 g/mol. The van der Waals surface area contributed by atoms with Crippen molar-refractivity contribution in [2.45, 2.75) is 24.3 Å². The molecule has 0 aromatic heterocycles. The molecule has 1 atom stereocenters. The first kappa shape index (κ1) is 23.6. The van der Waals surface area contributed by atoms with Gasteiger partial charge in [-0.2, -0.15) is 0 Å². The van der Waals surface area contributed by atoms with Gasteiger partial charge in [-0.3, -0.25) is 4.79 Å². The van der Waals surface area contributed by atoms with Crippen LogP contribution >= 0.6 is 0 Å². The summed E-state index contributed by atoms with van der Waals surface area (Å²) in [6.45, 7) is 1.74. The van der Waals surface area contributed by atoms with Crippen molar-refractivity contribution in [1.29, 1.82) is 0 Å². The SMILES string of the molecule is COCC(C)NS(=O)(=O)c1ccc(OC)c(C(=O)Nc2ccc(F)c(C(F)F)c2)c1. The highest BCUT2D eigenvalue weighted by Crippen LogP contribution is 2.27. The summed E-state index contributed by atoms with van der Waals surface area (Å²) in [6, 6.07) is 5.83. The zero-order valence-electron chi connectivity index (χ0n) is 16.4. The van der Waals surface area contributed by atoms with Gasteiger partial charge in [-0.25, -0.2) is 26.3 Å². The molecule has 30 heavy (non-hydrogen) atoms. The van der Waals surface area contributed by atoms with E-state index in [2.05, 4.69) is 10.0 Å². The number of amides is 1. The fraction of sp³-hybridized carbons (Fsp3) is 0.316. The molecule has 0 bridgehead atoms. The quantitative estimate of drug-likeness (QED) is 0.616. The summed E-state index contributed by atoms with van der Waals surface area (Å²) in [5, 5.41) is 2.34. The Morgan fingerprint density at radius 3 is 2.43 bits per heavy atom. The lowest BCUT2D eigenvalue weighted by Crippen LogP contribution is -2.35. The maximum Gasteiger partial charge on any atom is 0.266 e. The molecule has 1 unspecified atom stereocenters. The number of alkyl halides is 2. The van der Waals surface area contributed by atoms with E-state index in [0.29, 0.717) is 0 Å². The zero-order valence-corrected chi connectivity index (χ0v) is 17.2. The molecule has 0 aliphatic heterocycles. The minimum atomic E-state index is -3.97. The van der Waals surface area contributed by atoms with Gasteiger partial charge < -0.3 is 14.8 Å². The van der Waals surface area contributed by atoms with Gasteiger partial charge in [0.05, 0.1) is 29.7 Å². The first-order chi connectivity index (χ1) is 14.1. The number of rotatable bonds is 9. The second-order valence-electron chi connectivity index (χ2n) is 6.33. The Morgan fingerprint density at radius 2 is 1.83 bits per heavy atom. The van der Waals surface area contributed by atoms with Crippen LogP contribution in [0.15, 0.2) is 41.3 Å². The minimum absolute atomic E-state index is 0.0626. The molecule has 0 heterocycles. The highest BCUT2D eigenvalue weighted by molar-refractivity contribution is 7.89. The number of halogens is 3. The molecule has 2 aromatic rings. The molecule has 11 heteroatoms. The van der Waals surface area contributed by atoms with Crippen molar-refractivity contribution in [2.24, 2.45) is 0 Å². The van der Waals surface area contributed by atoms with Gasteiger partial charge in [0, 0.05) is 18.8 Å². The van der Waals surface area contributed by atoms with Gasteiger partial charge in [0.25, 0.3) is 12.3 Å². The summed E-state index contributed by atoms with van der Waals surface area (Å²) in [4.78, 5) is 12.5.